The zero-order valence-electron chi connectivity index (χ0n) is 7.95. The van der Waals surface area contributed by atoms with Crippen LogP contribution in [0.5, 0.6) is 0 Å². The van der Waals surface area contributed by atoms with E-state index >= 15 is 0 Å². The van der Waals surface area contributed by atoms with Crippen LogP contribution in [-0.4, -0.2) is 13.0 Å². The number of hydrogen-bond donors (Lipinski definition) is 1. The second kappa shape index (κ2) is 4.40. The Kier molecular flexibility index (Phi) is 3.57. The zero-order valence-corrected chi connectivity index (χ0v) is 9.54. The second-order valence-corrected chi connectivity index (χ2v) is 3.74. The highest BCUT2D eigenvalue weighted by Gasteiger charge is 2.34. The van der Waals surface area contributed by atoms with Gasteiger partial charge in [0, 0.05) is 11.5 Å². The Labute approximate surface area is 96.8 Å². The summed E-state index contributed by atoms with van der Waals surface area (Å²) in [6.07, 6.45) is -4.67. The number of halogens is 5. The molecule has 0 saturated heterocycles. The molecule has 0 aliphatic heterocycles. The number of alkyl halides is 3. The molecule has 1 aromatic carbocycles. The first-order valence-corrected chi connectivity index (χ1v) is 4.85. The first-order valence-electron chi connectivity index (χ1n) is 4.05. The van der Waals surface area contributed by atoms with Crippen molar-refractivity contribution in [1.82, 2.24) is 5.32 Å². The smallest absolute Gasteiger partial charge is 0.355 e. The molecule has 0 fully saturated rings. The Morgan fingerprint density at radius 3 is 2.38 bits per heavy atom. The molecular weight excluding hydrogens is 294 g/mol. The fourth-order valence-electron chi connectivity index (χ4n) is 1.07. The second-order valence-electron chi connectivity index (χ2n) is 2.89. The van der Waals surface area contributed by atoms with Gasteiger partial charge >= 0.3 is 6.18 Å². The predicted octanol–water partition coefficient (Wildman–Crippen LogP) is 2.97. The third kappa shape index (κ3) is 2.52. The fourth-order valence-corrected chi connectivity index (χ4v) is 1.64. The van der Waals surface area contributed by atoms with E-state index in [2.05, 4.69) is 21.2 Å². The summed E-state index contributed by atoms with van der Waals surface area (Å²) in [6, 6.07) is 1.09. The minimum absolute atomic E-state index is 0.286. The van der Waals surface area contributed by atoms with Crippen LogP contribution in [0.1, 0.15) is 15.9 Å². The average molecular weight is 300 g/mol. The van der Waals surface area contributed by atoms with Crippen molar-refractivity contribution in [3.8, 4) is 0 Å². The van der Waals surface area contributed by atoms with Crippen molar-refractivity contribution in [2.45, 2.75) is 6.18 Å². The van der Waals surface area contributed by atoms with E-state index < -0.39 is 29.0 Å². The molecule has 0 bridgehead atoms. The summed E-state index contributed by atoms with van der Waals surface area (Å²) in [5.41, 5.74) is -1.60. The van der Waals surface area contributed by atoms with Crippen molar-refractivity contribution in [2.75, 3.05) is 7.05 Å². The average Bonchev–Trinajstić information content (AvgIpc) is 2.18. The first-order chi connectivity index (χ1) is 7.27. The van der Waals surface area contributed by atoms with Crippen LogP contribution in [0.4, 0.5) is 17.6 Å². The number of nitrogens with one attached hydrogen (secondary N) is 1. The molecule has 1 aromatic rings. The van der Waals surface area contributed by atoms with Crippen molar-refractivity contribution in [3.63, 3.8) is 0 Å². The number of rotatable bonds is 1. The molecule has 0 saturated carbocycles. The minimum Gasteiger partial charge on any atom is -0.355 e. The molecule has 0 aromatic heterocycles. The van der Waals surface area contributed by atoms with Crippen molar-refractivity contribution in [3.05, 3.63) is 33.5 Å². The van der Waals surface area contributed by atoms with Crippen molar-refractivity contribution >= 4 is 21.8 Å². The maximum Gasteiger partial charge on any atom is 0.417 e. The maximum atomic E-state index is 13.2. The minimum atomic E-state index is -4.67. The molecular formula is C9H6BrF4NO. The summed E-state index contributed by atoms with van der Waals surface area (Å²) in [7, 11) is 1.26. The summed E-state index contributed by atoms with van der Waals surface area (Å²) in [6.45, 7) is 0. The van der Waals surface area contributed by atoms with E-state index in [4.69, 9.17) is 0 Å². The van der Waals surface area contributed by atoms with Gasteiger partial charge in [0.2, 0.25) is 0 Å². The Morgan fingerprint density at radius 1 is 1.38 bits per heavy atom. The maximum absolute atomic E-state index is 13.2. The van der Waals surface area contributed by atoms with Crippen LogP contribution in [0.15, 0.2) is 16.6 Å². The van der Waals surface area contributed by atoms with Crippen LogP contribution < -0.4 is 5.32 Å². The molecule has 1 amide bonds. The monoisotopic (exact) mass is 299 g/mol. The van der Waals surface area contributed by atoms with E-state index in [1.807, 2.05) is 0 Å². The highest BCUT2D eigenvalue weighted by molar-refractivity contribution is 9.10. The molecule has 0 heterocycles. The van der Waals surface area contributed by atoms with E-state index in [0.717, 1.165) is 6.07 Å². The lowest BCUT2D eigenvalue weighted by molar-refractivity contribution is -0.138. The molecule has 0 aliphatic carbocycles. The molecule has 0 atom stereocenters. The molecule has 88 valence electrons. The molecule has 0 radical (unpaired) electrons. The highest BCUT2D eigenvalue weighted by atomic mass is 79.9. The van der Waals surface area contributed by atoms with Crippen molar-refractivity contribution in [1.29, 1.82) is 0 Å². The topological polar surface area (TPSA) is 29.1 Å². The molecule has 1 rings (SSSR count). The largest absolute Gasteiger partial charge is 0.417 e. The van der Waals surface area contributed by atoms with Gasteiger partial charge in [-0.05, 0) is 12.1 Å². The van der Waals surface area contributed by atoms with Crippen LogP contribution >= 0.6 is 15.9 Å². The lowest BCUT2D eigenvalue weighted by Crippen LogP contribution is -2.20. The third-order valence-electron chi connectivity index (χ3n) is 1.83. The molecule has 1 N–H and O–H groups in total. The number of hydrogen-bond acceptors (Lipinski definition) is 1. The van der Waals surface area contributed by atoms with Gasteiger partial charge < -0.3 is 5.32 Å². The molecule has 2 nitrogen and oxygen atoms in total. The molecule has 0 unspecified atom stereocenters. The standard InChI is InChI=1S/C9H6BrF4NO/c1-15-8(16)4-2-6(10)5(3-7(4)11)9(12,13)14/h2-3H,1H3,(H,15,16). The number of benzene rings is 1. The normalized spacial score (nSPS) is 11.4. The van der Waals surface area contributed by atoms with Gasteiger partial charge in [0.05, 0.1) is 11.1 Å². The quantitative estimate of drug-likeness (QED) is 0.794. The van der Waals surface area contributed by atoms with Crippen molar-refractivity contribution < 1.29 is 22.4 Å². The van der Waals surface area contributed by atoms with Gasteiger partial charge in [-0.3, -0.25) is 4.79 Å². The van der Waals surface area contributed by atoms with E-state index in [9.17, 15) is 22.4 Å². The number of carbonyl (C=O) groups is 1. The predicted molar refractivity (Wildman–Crippen MR) is 52.5 cm³/mol. The SMILES string of the molecule is CNC(=O)c1cc(Br)c(C(F)(F)F)cc1F. The molecule has 7 heteroatoms. The van der Waals surface area contributed by atoms with Crippen LogP contribution in [-0.2, 0) is 6.18 Å². The Bertz CT molecular complexity index is 430. The van der Waals surface area contributed by atoms with Crippen LogP contribution in [0.2, 0.25) is 0 Å². The molecule has 16 heavy (non-hydrogen) atoms. The third-order valence-corrected chi connectivity index (χ3v) is 2.49. The Morgan fingerprint density at radius 2 is 1.94 bits per heavy atom. The Hall–Kier alpha value is -1.11. The molecule has 0 spiro atoms. The first kappa shape index (κ1) is 13.0. The summed E-state index contributed by atoms with van der Waals surface area (Å²) < 4.78 is 49.9. The summed E-state index contributed by atoms with van der Waals surface area (Å²) in [5.74, 6) is -2.00. The van der Waals surface area contributed by atoms with Gasteiger partial charge in [0.1, 0.15) is 5.82 Å². The van der Waals surface area contributed by atoms with Gasteiger partial charge in [-0.25, -0.2) is 4.39 Å². The summed E-state index contributed by atoms with van der Waals surface area (Å²) in [4.78, 5) is 11.1. The van der Waals surface area contributed by atoms with E-state index in [1.54, 1.807) is 0 Å². The molecule has 0 aliphatic rings. The van der Waals surface area contributed by atoms with Crippen LogP contribution in [0, 0.1) is 5.82 Å². The summed E-state index contributed by atoms with van der Waals surface area (Å²) in [5, 5.41) is 2.13. The van der Waals surface area contributed by atoms with Crippen molar-refractivity contribution in [2.24, 2.45) is 0 Å². The van der Waals surface area contributed by atoms with Crippen LogP contribution in [0.25, 0.3) is 0 Å². The van der Waals surface area contributed by atoms with E-state index in [1.165, 1.54) is 7.05 Å². The van der Waals surface area contributed by atoms with Gasteiger partial charge in [-0.15, -0.1) is 0 Å². The lowest BCUT2D eigenvalue weighted by atomic mass is 10.1. The van der Waals surface area contributed by atoms with Gasteiger partial charge in [-0.1, -0.05) is 15.9 Å². The highest BCUT2D eigenvalue weighted by Crippen LogP contribution is 2.36. The zero-order chi connectivity index (χ0) is 12.5. The fraction of sp³-hybridized carbons (Fsp3) is 0.222. The summed E-state index contributed by atoms with van der Waals surface area (Å²) >= 11 is 2.65. The van der Waals surface area contributed by atoms with E-state index in [-0.39, 0.29) is 10.5 Å². The lowest BCUT2D eigenvalue weighted by Gasteiger charge is -2.11. The number of carbonyl (C=O) groups excluding carboxylic acids is 1. The van der Waals surface area contributed by atoms with Gasteiger partial charge in [0.15, 0.2) is 0 Å². The van der Waals surface area contributed by atoms with Crippen LogP contribution in [0.3, 0.4) is 0 Å². The number of amides is 1. The van der Waals surface area contributed by atoms with Gasteiger partial charge in [0.25, 0.3) is 5.91 Å². The van der Waals surface area contributed by atoms with Gasteiger partial charge in [-0.2, -0.15) is 13.2 Å². The van der Waals surface area contributed by atoms with E-state index in [0.29, 0.717) is 0 Å². The Balaban J connectivity index is 3.33.